The van der Waals surface area contributed by atoms with Crippen LogP contribution in [-0.2, 0) is 17.8 Å². The smallest absolute Gasteiger partial charge is 0.413 e. The molecule has 0 saturated heterocycles. The number of aromatic nitrogens is 1. The van der Waals surface area contributed by atoms with Crippen LogP contribution in [0, 0.1) is 0 Å². The summed E-state index contributed by atoms with van der Waals surface area (Å²) in [6, 6.07) is 19.2. The maximum Gasteiger partial charge on any atom is 0.413 e. The minimum absolute atomic E-state index is 0.366. The zero-order valence-corrected chi connectivity index (χ0v) is 18.9. The second kappa shape index (κ2) is 11.0. The Bertz CT molecular complexity index is 994. The molecule has 0 aliphatic heterocycles. The topological polar surface area (TPSA) is 64.1 Å². The molecule has 0 aliphatic rings. The highest BCUT2D eigenvalue weighted by Gasteiger charge is 2.20. The van der Waals surface area contributed by atoms with E-state index in [2.05, 4.69) is 4.98 Å². The van der Waals surface area contributed by atoms with Gasteiger partial charge in [0.2, 0.25) is 6.29 Å². The van der Waals surface area contributed by atoms with Crippen LogP contribution in [0.5, 0.6) is 11.5 Å². The van der Waals surface area contributed by atoms with Crippen LogP contribution in [0.2, 0.25) is 0 Å². The Kier molecular flexibility index (Phi) is 7.91. The van der Waals surface area contributed by atoms with Gasteiger partial charge in [-0.25, -0.2) is 4.79 Å². The van der Waals surface area contributed by atoms with E-state index < -0.39 is 12.4 Å². The summed E-state index contributed by atoms with van der Waals surface area (Å²) < 4.78 is 16.5. The predicted octanol–water partition coefficient (Wildman–Crippen LogP) is 4.72. The maximum atomic E-state index is 13.1. The van der Waals surface area contributed by atoms with Crippen LogP contribution in [0.1, 0.15) is 18.1 Å². The van der Waals surface area contributed by atoms with Crippen molar-refractivity contribution in [2.24, 2.45) is 0 Å². The molecule has 1 aromatic heterocycles. The Hall–Kier alpha value is -3.74. The Balaban J connectivity index is 1.74. The van der Waals surface area contributed by atoms with E-state index >= 15 is 0 Å². The van der Waals surface area contributed by atoms with Crippen molar-refractivity contribution in [1.29, 1.82) is 0 Å². The highest BCUT2D eigenvalue weighted by atomic mass is 16.7. The molecular formula is C25H29N3O4. The van der Waals surface area contributed by atoms with E-state index in [9.17, 15) is 4.79 Å². The molecule has 0 aliphatic carbocycles. The van der Waals surface area contributed by atoms with E-state index in [-0.39, 0.29) is 0 Å². The molecular weight excluding hydrogens is 406 g/mol. The molecule has 168 valence electrons. The molecule has 0 N–H and O–H groups in total. The number of ether oxygens (including phenoxy) is 3. The van der Waals surface area contributed by atoms with Crippen molar-refractivity contribution in [3.8, 4) is 11.5 Å². The van der Waals surface area contributed by atoms with Gasteiger partial charge in [0.1, 0.15) is 11.5 Å². The van der Waals surface area contributed by atoms with Crippen LogP contribution in [0.4, 0.5) is 10.5 Å². The summed E-state index contributed by atoms with van der Waals surface area (Å²) in [6.07, 6.45) is 1.99. The highest BCUT2D eigenvalue weighted by molar-refractivity contribution is 5.68. The molecule has 0 saturated carbocycles. The largest absolute Gasteiger partial charge is 0.497 e. The molecule has 1 atom stereocenters. The second-order valence-electron chi connectivity index (χ2n) is 7.53. The summed E-state index contributed by atoms with van der Waals surface area (Å²) in [4.78, 5) is 20.7. The summed E-state index contributed by atoms with van der Waals surface area (Å²) in [6.45, 7) is 2.44. The average molecular weight is 436 g/mol. The number of amides is 1. The maximum absolute atomic E-state index is 13.1. The highest BCUT2D eigenvalue weighted by Crippen LogP contribution is 2.19. The number of methoxy groups -OCH3 is 1. The lowest BCUT2D eigenvalue weighted by atomic mass is 10.1. The number of hydrogen-bond donors (Lipinski definition) is 0. The third-order valence-corrected chi connectivity index (χ3v) is 4.80. The number of nitrogens with zero attached hydrogens (tertiary/aromatic N) is 3. The van der Waals surface area contributed by atoms with Gasteiger partial charge >= 0.3 is 6.09 Å². The summed E-state index contributed by atoms with van der Waals surface area (Å²) >= 11 is 0. The Morgan fingerprint density at radius 3 is 2.34 bits per heavy atom. The third-order valence-electron chi connectivity index (χ3n) is 4.80. The van der Waals surface area contributed by atoms with Gasteiger partial charge in [0.25, 0.3) is 0 Å². The first-order valence-corrected chi connectivity index (χ1v) is 10.4. The van der Waals surface area contributed by atoms with Gasteiger partial charge in [0, 0.05) is 46.0 Å². The first kappa shape index (κ1) is 22.9. The van der Waals surface area contributed by atoms with Crippen LogP contribution in [-0.4, -0.2) is 43.5 Å². The lowest BCUT2D eigenvalue weighted by Crippen LogP contribution is -2.34. The van der Waals surface area contributed by atoms with E-state index in [4.69, 9.17) is 14.2 Å². The van der Waals surface area contributed by atoms with Crippen LogP contribution in [0.3, 0.4) is 0 Å². The van der Waals surface area contributed by atoms with Crippen LogP contribution in [0.25, 0.3) is 0 Å². The number of pyridine rings is 1. The molecule has 7 nitrogen and oxygen atoms in total. The lowest BCUT2D eigenvalue weighted by Gasteiger charge is -2.25. The molecule has 0 bridgehead atoms. The van der Waals surface area contributed by atoms with Crippen molar-refractivity contribution in [1.82, 2.24) is 9.88 Å². The van der Waals surface area contributed by atoms with Crippen molar-refractivity contribution in [2.75, 3.05) is 26.1 Å². The van der Waals surface area contributed by atoms with Crippen molar-refractivity contribution in [2.45, 2.75) is 26.3 Å². The van der Waals surface area contributed by atoms with Gasteiger partial charge in [-0.2, -0.15) is 0 Å². The first-order valence-electron chi connectivity index (χ1n) is 10.4. The van der Waals surface area contributed by atoms with Gasteiger partial charge in [0.15, 0.2) is 0 Å². The molecule has 1 heterocycles. The Labute approximate surface area is 189 Å². The average Bonchev–Trinajstić information content (AvgIpc) is 2.79. The molecule has 1 amide bonds. The van der Waals surface area contributed by atoms with Gasteiger partial charge in [-0.1, -0.05) is 24.3 Å². The standard InChI is InChI=1S/C25H29N3O4/c1-19(31-24-9-6-14-26-16-24)32-25(29)28(18-21-7-5-8-23(15-21)30-4)17-20-10-12-22(13-11-20)27(2)3/h5-16,19H,17-18H2,1-4H3. The van der Waals surface area contributed by atoms with Gasteiger partial charge in [-0.3, -0.25) is 9.88 Å². The zero-order valence-electron chi connectivity index (χ0n) is 18.9. The third kappa shape index (κ3) is 6.63. The zero-order chi connectivity index (χ0) is 22.9. The number of anilines is 1. The van der Waals surface area contributed by atoms with Crippen LogP contribution < -0.4 is 14.4 Å². The molecule has 7 heteroatoms. The van der Waals surface area contributed by atoms with E-state index in [0.29, 0.717) is 18.8 Å². The van der Waals surface area contributed by atoms with E-state index in [1.165, 1.54) is 0 Å². The van der Waals surface area contributed by atoms with Crippen molar-refractivity contribution >= 4 is 11.8 Å². The summed E-state index contributed by atoms with van der Waals surface area (Å²) in [5, 5.41) is 0. The van der Waals surface area contributed by atoms with Gasteiger partial charge < -0.3 is 19.1 Å². The molecule has 0 spiro atoms. The predicted molar refractivity (Wildman–Crippen MR) is 124 cm³/mol. The summed E-state index contributed by atoms with van der Waals surface area (Å²) in [5.74, 6) is 1.27. The van der Waals surface area contributed by atoms with E-state index in [0.717, 1.165) is 22.6 Å². The molecule has 0 fully saturated rings. The normalized spacial score (nSPS) is 11.4. The quantitative estimate of drug-likeness (QED) is 0.453. The van der Waals surface area contributed by atoms with Crippen molar-refractivity contribution in [3.05, 3.63) is 84.2 Å². The minimum Gasteiger partial charge on any atom is -0.497 e. The van der Waals surface area contributed by atoms with Gasteiger partial charge in [-0.05, 0) is 47.5 Å². The van der Waals surface area contributed by atoms with Crippen molar-refractivity contribution < 1.29 is 19.0 Å². The van der Waals surface area contributed by atoms with E-state index in [1.807, 2.05) is 67.5 Å². The Morgan fingerprint density at radius 1 is 0.969 bits per heavy atom. The van der Waals surface area contributed by atoms with Crippen molar-refractivity contribution in [3.63, 3.8) is 0 Å². The number of carbonyl (C=O) groups is 1. The molecule has 0 radical (unpaired) electrons. The van der Waals surface area contributed by atoms with Gasteiger partial charge in [-0.15, -0.1) is 0 Å². The molecule has 3 rings (SSSR count). The fourth-order valence-corrected chi connectivity index (χ4v) is 3.15. The summed E-state index contributed by atoms with van der Waals surface area (Å²) in [5.41, 5.74) is 3.03. The number of carbonyl (C=O) groups excluding carboxylic acids is 1. The van der Waals surface area contributed by atoms with Crippen LogP contribution in [0.15, 0.2) is 73.1 Å². The fourth-order valence-electron chi connectivity index (χ4n) is 3.15. The fraction of sp³-hybridized carbons (Fsp3) is 0.280. The Morgan fingerprint density at radius 2 is 1.69 bits per heavy atom. The molecule has 2 aromatic carbocycles. The summed E-state index contributed by atoms with van der Waals surface area (Å²) in [7, 11) is 5.60. The molecule has 1 unspecified atom stereocenters. The molecule has 32 heavy (non-hydrogen) atoms. The SMILES string of the molecule is COc1cccc(CN(Cc2ccc(N(C)C)cc2)C(=O)OC(C)Oc2cccnc2)c1. The molecule has 3 aromatic rings. The minimum atomic E-state index is -0.768. The van der Waals surface area contributed by atoms with Crippen LogP contribution >= 0.6 is 0 Å². The number of hydrogen-bond acceptors (Lipinski definition) is 6. The van der Waals surface area contributed by atoms with E-state index in [1.54, 1.807) is 43.5 Å². The second-order valence-corrected chi connectivity index (χ2v) is 7.53. The monoisotopic (exact) mass is 435 g/mol. The van der Waals surface area contributed by atoms with Gasteiger partial charge in [0.05, 0.1) is 13.3 Å². The first-order chi connectivity index (χ1) is 15.4. The number of benzene rings is 2. The lowest BCUT2D eigenvalue weighted by molar-refractivity contribution is -0.0356. The number of rotatable bonds is 9.